The van der Waals surface area contributed by atoms with Crippen molar-refractivity contribution >= 4 is 5.78 Å². The topological polar surface area (TPSA) is 43.1 Å². The van der Waals surface area contributed by atoms with E-state index >= 15 is 0 Å². The maximum absolute atomic E-state index is 11.6. The van der Waals surface area contributed by atoms with Crippen LogP contribution in [-0.4, -0.2) is 5.78 Å². The van der Waals surface area contributed by atoms with Gasteiger partial charge in [-0.25, -0.2) is 0 Å². The second kappa shape index (κ2) is 7.27. The molecule has 0 saturated heterocycles. The highest BCUT2D eigenvalue weighted by atomic mass is 16.1. The number of ketones is 1. The molecule has 0 atom stereocenters. The van der Waals surface area contributed by atoms with Crippen molar-refractivity contribution in [2.24, 2.45) is 5.73 Å². The number of rotatable bonds is 6. The third-order valence-corrected chi connectivity index (χ3v) is 2.65. The predicted molar refractivity (Wildman–Crippen MR) is 65.5 cm³/mol. The first kappa shape index (κ1) is 13.9. The zero-order valence-electron chi connectivity index (χ0n) is 10.4. The van der Waals surface area contributed by atoms with E-state index in [2.05, 4.69) is 13.8 Å². The standard InChI is InChI=1S/C13H23NO/c1-5-8-11(9-14)12(6-2)10(4)13(15)7-3/h9H,5-8,14H2,1-4H3. The van der Waals surface area contributed by atoms with Gasteiger partial charge in [-0.1, -0.05) is 27.2 Å². The Hall–Kier alpha value is -1.05. The zero-order valence-corrected chi connectivity index (χ0v) is 10.4. The third-order valence-electron chi connectivity index (χ3n) is 2.65. The fourth-order valence-corrected chi connectivity index (χ4v) is 1.77. The Balaban J connectivity index is 5.10. The lowest BCUT2D eigenvalue weighted by atomic mass is 9.93. The molecule has 0 aromatic carbocycles. The number of Topliss-reactive ketones (excluding diaryl/α,β-unsaturated/α-hetero) is 1. The Labute approximate surface area is 93.2 Å². The summed E-state index contributed by atoms with van der Waals surface area (Å²) in [7, 11) is 0. The van der Waals surface area contributed by atoms with E-state index in [0.717, 1.165) is 36.0 Å². The van der Waals surface area contributed by atoms with Crippen molar-refractivity contribution in [3.05, 3.63) is 22.9 Å². The van der Waals surface area contributed by atoms with E-state index in [1.165, 1.54) is 0 Å². The average Bonchev–Trinajstić information content (AvgIpc) is 2.27. The van der Waals surface area contributed by atoms with Crippen LogP contribution in [0.3, 0.4) is 0 Å². The molecule has 2 heteroatoms. The molecule has 2 nitrogen and oxygen atoms in total. The Bertz CT molecular complexity index is 274. The van der Waals surface area contributed by atoms with Crippen molar-refractivity contribution in [3.63, 3.8) is 0 Å². The summed E-state index contributed by atoms with van der Waals surface area (Å²) < 4.78 is 0. The second-order valence-electron chi connectivity index (χ2n) is 3.68. The molecule has 0 fully saturated rings. The molecule has 86 valence electrons. The first-order chi connectivity index (χ1) is 7.12. The first-order valence-corrected chi connectivity index (χ1v) is 5.76. The molecular weight excluding hydrogens is 186 g/mol. The maximum atomic E-state index is 11.6. The van der Waals surface area contributed by atoms with E-state index in [4.69, 9.17) is 5.73 Å². The summed E-state index contributed by atoms with van der Waals surface area (Å²) >= 11 is 0. The zero-order chi connectivity index (χ0) is 11.8. The quantitative estimate of drug-likeness (QED) is 0.538. The Morgan fingerprint density at radius 3 is 2.13 bits per heavy atom. The van der Waals surface area contributed by atoms with E-state index in [1.54, 1.807) is 6.20 Å². The second-order valence-corrected chi connectivity index (χ2v) is 3.68. The van der Waals surface area contributed by atoms with Gasteiger partial charge in [0, 0.05) is 6.42 Å². The van der Waals surface area contributed by atoms with Gasteiger partial charge in [0.2, 0.25) is 0 Å². The average molecular weight is 209 g/mol. The Morgan fingerprint density at radius 2 is 1.80 bits per heavy atom. The van der Waals surface area contributed by atoms with Gasteiger partial charge in [-0.15, -0.1) is 0 Å². The van der Waals surface area contributed by atoms with Crippen LogP contribution in [0, 0.1) is 0 Å². The van der Waals surface area contributed by atoms with Crippen molar-refractivity contribution in [1.82, 2.24) is 0 Å². The lowest BCUT2D eigenvalue weighted by molar-refractivity contribution is -0.115. The lowest BCUT2D eigenvalue weighted by Gasteiger charge is -2.12. The van der Waals surface area contributed by atoms with E-state index in [-0.39, 0.29) is 5.78 Å². The highest BCUT2D eigenvalue weighted by molar-refractivity contribution is 5.95. The molecule has 0 bridgehead atoms. The van der Waals surface area contributed by atoms with Gasteiger partial charge in [0.15, 0.2) is 5.78 Å². The van der Waals surface area contributed by atoms with Crippen LogP contribution in [-0.2, 0) is 4.79 Å². The molecule has 0 aromatic heterocycles. The van der Waals surface area contributed by atoms with Crippen LogP contribution in [0.4, 0.5) is 0 Å². The van der Waals surface area contributed by atoms with E-state index in [1.807, 2.05) is 13.8 Å². The lowest BCUT2D eigenvalue weighted by Crippen LogP contribution is -2.04. The highest BCUT2D eigenvalue weighted by Crippen LogP contribution is 2.23. The Morgan fingerprint density at radius 1 is 1.20 bits per heavy atom. The maximum Gasteiger partial charge on any atom is 0.158 e. The fourth-order valence-electron chi connectivity index (χ4n) is 1.77. The number of hydrogen-bond donors (Lipinski definition) is 1. The van der Waals surface area contributed by atoms with Crippen LogP contribution < -0.4 is 5.73 Å². The van der Waals surface area contributed by atoms with Crippen LogP contribution >= 0.6 is 0 Å². The van der Waals surface area contributed by atoms with Crippen molar-refractivity contribution in [1.29, 1.82) is 0 Å². The van der Waals surface area contributed by atoms with Crippen molar-refractivity contribution in [3.8, 4) is 0 Å². The molecule has 0 amide bonds. The molecule has 0 heterocycles. The fraction of sp³-hybridized carbons (Fsp3) is 0.615. The van der Waals surface area contributed by atoms with Crippen LogP contribution in [0.1, 0.15) is 53.4 Å². The minimum atomic E-state index is 0.224. The van der Waals surface area contributed by atoms with E-state index in [9.17, 15) is 4.79 Å². The highest BCUT2D eigenvalue weighted by Gasteiger charge is 2.10. The summed E-state index contributed by atoms with van der Waals surface area (Å²) in [5.74, 6) is 0.224. The molecule has 0 unspecified atom stereocenters. The largest absolute Gasteiger partial charge is 0.404 e. The molecular formula is C13H23NO. The van der Waals surface area contributed by atoms with Crippen molar-refractivity contribution in [2.75, 3.05) is 0 Å². The van der Waals surface area contributed by atoms with Crippen LogP contribution in [0.15, 0.2) is 22.9 Å². The summed E-state index contributed by atoms with van der Waals surface area (Å²) in [5, 5.41) is 0. The van der Waals surface area contributed by atoms with Gasteiger partial charge in [0.05, 0.1) is 0 Å². The molecule has 0 aliphatic carbocycles. The van der Waals surface area contributed by atoms with Crippen LogP contribution in [0.2, 0.25) is 0 Å². The van der Waals surface area contributed by atoms with Gasteiger partial charge < -0.3 is 5.73 Å². The number of carbonyl (C=O) groups excluding carboxylic acids is 1. The number of hydrogen-bond acceptors (Lipinski definition) is 2. The van der Waals surface area contributed by atoms with Gasteiger partial charge >= 0.3 is 0 Å². The summed E-state index contributed by atoms with van der Waals surface area (Å²) in [6.45, 7) is 7.99. The Kier molecular flexibility index (Phi) is 6.76. The number of nitrogens with two attached hydrogens (primary N) is 1. The van der Waals surface area contributed by atoms with Crippen LogP contribution in [0.5, 0.6) is 0 Å². The molecule has 15 heavy (non-hydrogen) atoms. The van der Waals surface area contributed by atoms with Crippen molar-refractivity contribution in [2.45, 2.75) is 53.4 Å². The summed E-state index contributed by atoms with van der Waals surface area (Å²) in [5.41, 5.74) is 8.74. The van der Waals surface area contributed by atoms with Gasteiger partial charge in [-0.05, 0) is 42.7 Å². The molecule has 0 rings (SSSR count). The van der Waals surface area contributed by atoms with Crippen LogP contribution in [0.25, 0.3) is 0 Å². The molecule has 0 saturated carbocycles. The van der Waals surface area contributed by atoms with Gasteiger partial charge in [-0.3, -0.25) is 4.79 Å². The van der Waals surface area contributed by atoms with E-state index < -0.39 is 0 Å². The molecule has 0 spiro atoms. The molecule has 0 aromatic rings. The minimum Gasteiger partial charge on any atom is -0.404 e. The normalized spacial score (nSPS) is 13.7. The minimum absolute atomic E-state index is 0.224. The number of allylic oxidation sites excluding steroid dienone is 3. The SMILES string of the molecule is CCCC(=CN)C(CC)=C(C)C(=O)CC. The van der Waals surface area contributed by atoms with Gasteiger partial charge in [0.25, 0.3) is 0 Å². The summed E-state index contributed by atoms with van der Waals surface area (Å²) in [6.07, 6.45) is 5.10. The molecule has 0 aliphatic heterocycles. The third kappa shape index (κ3) is 3.90. The number of carbonyl (C=O) groups is 1. The molecule has 2 N–H and O–H groups in total. The molecule has 0 aliphatic rings. The predicted octanol–water partition coefficient (Wildman–Crippen LogP) is 3.33. The smallest absolute Gasteiger partial charge is 0.158 e. The first-order valence-electron chi connectivity index (χ1n) is 5.76. The van der Waals surface area contributed by atoms with Gasteiger partial charge in [-0.2, -0.15) is 0 Å². The monoisotopic (exact) mass is 209 g/mol. The van der Waals surface area contributed by atoms with Crippen molar-refractivity contribution < 1.29 is 4.79 Å². The summed E-state index contributed by atoms with van der Waals surface area (Å²) in [4.78, 5) is 11.6. The molecule has 0 radical (unpaired) electrons. The van der Waals surface area contributed by atoms with E-state index in [0.29, 0.717) is 6.42 Å². The summed E-state index contributed by atoms with van der Waals surface area (Å²) in [6, 6.07) is 0. The van der Waals surface area contributed by atoms with Gasteiger partial charge in [0.1, 0.15) is 0 Å².